The summed E-state index contributed by atoms with van der Waals surface area (Å²) in [5.74, 6) is -2.08. The van der Waals surface area contributed by atoms with Gasteiger partial charge in [-0.15, -0.1) is 13.2 Å². The number of carbonyl (C=O) groups is 3. The third kappa shape index (κ3) is 4.62. The molecule has 4 heterocycles. The van der Waals surface area contributed by atoms with E-state index in [4.69, 9.17) is 9.47 Å². The van der Waals surface area contributed by atoms with Gasteiger partial charge in [0.15, 0.2) is 0 Å². The highest BCUT2D eigenvalue weighted by Crippen LogP contribution is 2.64. The molecule has 0 aromatic rings. The van der Waals surface area contributed by atoms with Crippen LogP contribution in [0, 0.1) is 11.8 Å². The molecule has 206 valence electrons. The van der Waals surface area contributed by atoms with Crippen LogP contribution in [0.5, 0.6) is 0 Å². The van der Waals surface area contributed by atoms with E-state index in [1.54, 1.807) is 29.0 Å². The second-order valence-corrected chi connectivity index (χ2v) is 10.6. The number of likely N-dealkylation sites (tertiary alicyclic amines) is 1. The number of nitrogens with zero attached hydrogens (tertiary/aromatic N) is 4. The Bertz CT molecular complexity index is 907. The number of carbonyl (C=O) groups excluding carboxylic acids is 3. The van der Waals surface area contributed by atoms with Gasteiger partial charge in [-0.3, -0.25) is 19.3 Å². The van der Waals surface area contributed by atoms with Crippen molar-refractivity contribution in [1.29, 1.82) is 0 Å². The molecule has 0 aliphatic carbocycles. The Hall–Kier alpha value is -2.27. The standard InChI is InChI=1S/C27H42N4O6/c1-5-10-28(4)23(33)20-21-24(34)31(14-17-32)22(27(21)9-8-26(20,7-3)37-27)25(35)30(11-6-2)13-12-29-15-18-36-19-16-29/h5-6,20-22,32H,1-2,7-19H2,3-4H3/t20-,21-,22?,26+,27?/m0/s1. The lowest BCUT2D eigenvalue weighted by Crippen LogP contribution is -2.57. The SMILES string of the molecule is C=CCN(C)C(=O)[C@@H]1[C@H]2C(=O)N(CCO)C(C(=O)N(CC=C)CCN3CCOCC3)C23CC[C@@]1(CC)O3. The number of hydrogen-bond acceptors (Lipinski definition) is 7. The van der Waals surface area contributed by atoms with E-state index in [2.05, 4.69) is 18.1 Å². The lowest BCUT2D eigenvalue weighted by Gasteiger charge is -2.37. The Morgan fingerprint density at radius 3 is 2.46 bits per heavy atom. The molecule has 1 N–H and O–H groups in total. The van der Waals surface area contributed by atoms with Gasteiger partial charge < -0.3 is 29.3 Å². The molecule has 2 bridgehead atoms. The number of ether oxygens (including phenoxy) is 2. The summed E-state index contributed by atoms with van der Waals surface area (Å²) in [7, 11) is 1.71. The van der Waals surface area contributed by atoms with Crippen LogP contribution in [0.4, 0.5) is 0 Å². The molecule has 4 saturated heterocycles. The third-order valence-electron chi connectivity index (χ3n) is 8.75. The van der Waals surface area contributed by atoms with Gasteiger partial charge in [0.25, 0.3) is 0 Å². The molecular weight excluding hydrogens is 476 g/mol. The molecule has 4 rings (SSSR count). The molecule has 0 aromatic carbocycles. The molecule has 0 saturated carbocycles. The quantitative estimate of drug-likeness (QED) is 0.366. The molecule has 10 nitrogen and oxygen atoms in total. The van der Waals surface area contributed by atoms with Crippen LogP contribution in [0.1, 0.15) is 26.2 Å². The average Bonchev–Trinajstić information content (AvgIpc) is 3.50. The van der Waals surface area contributed by atoms with Crippen LogP contribution < -0.4 is 0 Å². The Morgan fingerprint density at radius 1 is 1.14 bits per heavy atom. The highest BCUT2D eigenvalue weighted by molar-refractivity contribution is 5.99. The van der Waals surface area contributed by atoms with Crippen molar-refractivity contribution in [3.8, 4) is 0 Å². The predicted molar refractivity (Wildman–Crippen MR) is 138 cm³/mol. The molecule has 37 heavy (non-hydrogen) atoms. The molecule has 2 unspecified atom stereocenters. The summed E-state index contributed by atoms with van der Waals surface area (Å²) < 4.78 is 12.2. The second kappa shape index (κ2) is 11.2. The number of likely N-dealkylation sites (N-methyl/N-ethyl adjacent to an activating group) is 1. The van der Waals surface area contributed by atoms with Gasteiger partial charge in [0, 0.05) is 52.9 Å². The van der Waals surface area contributed by atoms with E-state index in [0.717, 1.165) is 13.1 Å². The van der Waals surface area contributed by atoms with Crippen LogP contribution >= 0.6 is 0 Å². The maximum atomic E-state index is 14.2. The van der Waals surface area contributed by atoms with E-state index < -0.39 is 29.1 Å². The van der Waals surface area contributed by atoms with E-state index in [0.29, 0.717) is 58.7 Å². The van der Waals surface area contributed by atoms with Crippen LogP contribution in [0.25, 0.3) is 0 Å². The van der Waals surface area contributed by atoms with Crippen molar-refractivity contribution >= 4 is 17.7 Å². The maximum absolute atomic E-state index is 14.2. The maximum Gasteiger partial charge on any atom is 0.248 e. The van der Waals surface area contributed by atoms with E-state index in [-0.39, 0.29) is 30.9 Å². The van der Waals surface area contributed by atoms with E-state index in [9.17, 15) is 19.5 Å². The van der Waals surface area contributed by atoms with Crippen molar-refractivity contribution in [1.82, 2.24) is 19.6 Å². The van der Waals surface area contributed by atoms with Crippen molar-refractivity contribution in [2.75, 3.05) is 72.7 Å². The number of morpholine rings is 1. The number of fused-ring (bicyclic) bond motifs is 1. The second-order valence-electron chi connectivity index (χ2n) is 10.6. The van der Waals surface area contributed by atoms with Gasteiger partial charge in [-0.1, -0.05) is 19.1 Å². The van der Waals surface area contributed by atoms with Crippen molar-refractivity contribution in [3.05, 3.63) is 25.3 Å². The number of hydrogen-bond donors (Lipinski definition) is 1. The first-order valence-corrected chi connectivity index (χ1v) is 13.5. The largest absolute Gasteiger partial charge is 0.395 e. The number of aliphatic hydroxyl groups is 1. The zero-order valence-electron chi connectivity index (χ0n) is 22.3. The van der Waals surface area contributed by atoms with E-state index in [1.807, 2.05) is 6.92 Å². The lowest BCUT2D eigenvalue weighted by molar-refractivity contribution is -0.155. The minimum Gasteiger partial charge on any atom is -0.395 e. The molecule has 10 heteroatoms. The zero-order valence-corrected chi connectivity index (χ0v) is 22.3. The van der Waals surface area contributed by atoms with Gasteiger partial charge in [-0.05, 0) is 19.3 Å². The number of amides is 3. The monoisotopic (exact) mass is 518 g/mol. The molecule has 4 aliphatic heterocycles. The highest BCUT2D eigenvalue weighted by atomic mass is 16.5. The van der Waals surface area contributed by atoms with Gasteiger partial charge in [0.1, 0.15) is 11.6 Å². The minimum atomic E-state index is -1.09. The van der Waals surface area contributed by atoms with Crippen molar-refractivity contribution in [2.24, 2.45) is 11.8 Å². The minimum absolute atomic E-state index is 0.0186. The molecular formula is C27H42N4O6. The molecule has 1 spiro atoms. The first-order chi connectivity index (χ1) is 17.8. The molecule has 0 aromatic heterocycles. The smallest absolute Gasteiger partial charge is 0.248 e. The summed E-state index contributed by atoms with van der Waals surface area (Å²) >= 11 is 0. The van der Waals surface area contributed by atoms with Crippen LogP contribution in [-0.4, -0.2) is 132 Å². The van der Waals surface area contributed by atoms with Crippen LogP contribution in [0.15, 0.2) is 25.3 Å². The van der Waals surface area contributed by atoms with Crippen molar-refractivity contribution < 1.29 is 29.0 Å². The van der Waals surface area contributed by atoms with Crippen molar-refractivity contribution in [3.63, 3.8) is 0 Å². The predicted octanol–water partition coefficient (Wildman–Crippen LogP) is 0.125. The number of rotatable bonds is 12. The number of β-amino-alcohol motifs (C(OH)–C–C–N with tert-alkyl or cyclic N) is 1. The Morgan fingerprint density at radius 2 is 1.84 bits per heavy atom. The molecule has 0 radical (unpaired) electrons. The summed E-state index contributed by atoms with van der Waals surface area (Å²) in [6.07, 6.45) is 5.05. The van der Waals surface area contributed by atoms with Crippen LogP contribution in [0.3, 0.4) is 0 Å². The van der Waals surface area contributed by atoms with E-state index in [1.165, 1.54) is 4.90 Å². The summed E-state index contributed by atoms with van der Waals surface area (Å²) in [4.78, 5) is 48.9. The first kappa shape index (κ1) is 27.8. The van der Waals surface area contributed by atoms with Crippen LogP contribution in [0.2, 0.25) is 0 Å². The first-order valence-electron chi connectivity index (χ1n) is 13.5. The van der Waals surface area contributed by atoms with Crippen LogP contribution in [-0.2, 0) is 23.9 Å². The fraction of sp³-hybridized carbons (Fsp3) is 0.741. The fourth-order valence-electron chi connectivity index (χ4n) is 6.95. The topological polar surface area (TPSA) is 103 Å². The summed E-state index contributed by atoms with van der Waals surface area (Å²) in [6, 6.07) is -0.891. The highest BCUT2D eigenvalue weighted by Gasteiger charge is 2.78. The fourth-order valence-corrected chi connectivity index (χ4v) is 6.95. The average molecular weight is 519 g/mol. The summed E-state index contributed by atoms with van der Waals surface area (Å²) in [6.45, 7) is 14.1. The van der Waals surface area contributed by atoms with Crippen molar-refractivity contribution in [2.45, 2.75) is 43.4 Å². The Labute approximate surface area is 219 Å². The molecule has 4 fully saturated rings. The summed E-state index contributed by atoms with van der Waals surface area (Å²) in [5.41, 5.74) is -1.87. The van der Waals surface area contributed by atoms with Gasteiger partial charge in [-0.2, -0.15) is 0 Å². The molecule has 3 amide bonds. The van der Waals surface area contributed by atoms with Gasteiger partial charge >= 0.3 is 0 Å². The normalized spacial score (nSPS) is 32.9. The zero-order chi connectivity index (χ0) is 26.8. The Balaban J connectivity index is 1.67. The molecule has 5 atom stereocenters. The third-order valence-corrected chi connectivity index (χ3v) is 8.75. The summed E-state index contributed by atoms with van der Waals surface area (Å²) in [5, 5.41) is 9.84. The number of aliphatic hydroxyl groups excluding tert-OH is 1. The van der Waals surface area contributed by atoms with Gasteiger partial charge in [-0.25, -0.2) is 0 Å². The van der Waals surface area contributed by atoms with Gasteiger partial charge in [0.2, 0.25) is 17.7 Å². The lowest BCUT2D eigenvalue weighted by atomic mass is 9.64. The van der Waals surface area contributed by atoms with E-state index >= 15 is 0 Å². The Kier molecular flexibility index (Phi) is 8.42. The molecule has 4 aliphatic rings. The van der Waals surface area contributed by atoms with Gasteiger partial charge in [0.05, 0.1) is 37.3 Å².